The predicted octanol–water partition coefficient (Wildman–Crippen LogP) is 1.54. The van der Waals surface area contributed by atoms with Crippen molar-refractivity contribution in [1.29, 1.82) is 0 Å². The van der Waals surface area contributed by atoms with Crippen molar-refractivity contribution >= 4 is 0 Å². The average molecular weight is 159 g/mol. The molecule has 0 bridgehead atoms. The molecule has 11 heavy (non-hydrogen) atoms. The van der Waals surface area contributed by atoms with E-state index in [2.05, 4.69) is 19.2 Å². The molecule has 0 spiro atoms. The summed E-state index contributed by atoms with van der Waals surface area (Å²) in [6.45, 7) is 5.36. The zero-order valence-corrected chi connectivity index (χ0v) is 7.77. The Hall–Kier alpha value is -0.0800. The van der Waals surface area contributed by atoms with E-state index in [-0.39, 0.29) is 6.61 Å². The first kappa shape index (κ1) is 10.9. The molecule has 0 radical (unpaired) electrons. The van der Waals surface area contributed by atoms with E-state index >= 15 is 0 Å². The zero-order chi connectivity index (χ0) is 8.53. The molecule has 2 nitrogen and oxygen atoms in total. The van der Waals surface area contributed by atoms with Gasteiger partial charge in [-0.05, 0) is 13.3 Å². The molecule has 1 atom stereocenters. The van der Waals surface area contributed by atoms with Gasteiger partial charge in [0, 0.05) is 12.6 Å². The minimum atomic E-state index is 0.248. The maximum atomic E-state index is 8.52. The van der Waals surface area contributed by atoms with E-state index in [9.17, 15) is 0 Å². The number of nitrogens with one attached hydrogen (secondary N) is 1. The first-order valence-corrected chi connectivity index (χ1v) is 4.65. The molecule has 2 heteroatoms. The summed E-state index contributed by atoms with van der Waals surface area (Å²) in [5, 5.41) is 11.8. The maximum Gasteiger partial charge on any atom is 0.0556 e. The van der Waals surface area contributed by atoms with Gasteiger partial charge in [-0.3, -0.25) is 0 Å². The molecule has 0 saturated carbocycles. The van der Waals surface area contributed by atoms with Crippen LogP contribution in [0.2, 0.25) is 0 Å². The summed E-state index contributed by atoms with van der Waals surface area (Å²) in [5.41, 5.74) is 0. The third kappa shape index (κ3) is 7.82. The van der Waals surface area contributed by atoms with Gasteiger partial charge in [-0.15, -0.1) is 0 Å². The van der Waals surface area contributed by atoms with E-state index in [0.717, 1.165) is 6.54 Å². The van der Waals surface area contributed by atoms with Gasteiger partial charge >= 0.3 is 0 Å². The van der Waals surface area contributed by atoms with Crippen molar-refractivity contribution in [1.82, 2.24) is 5.32 Å². The molecule has 0 aliphatic rings. The lowest BCUT2D eigenvalue weighted by Gasteiger charge is -2.11. The van der Waals surface area contributed by atoms with Gasteiger partial charge in [-0.1, -0.05) is 26.2 Å². The molecule has 0 saturated heterocycles. The van der Waals surface area contributed by atoms with E-state index in [1.165, 1.54) is 25.7 Å². The fourth-order valence-corrected chi connectivity index (χ4v) is 1.11. The van der Waals surface area contributed by atoms with Crippen molar-refractivity contribution in [2.45, 2.75) is 45.6 Å². The van der Waals surface area contributed by atoms with Crippen LogP contribution in [0, 0.1) is 0 Å². The summed E-state index contributed by atoms with van der Waals surface area (Å²) in [5.74, 6) is 0. The van der Waals surface area contributed by atoms with Gasteiger partial charge in [0.1, 0.15) is 0 Å². The third-order valence-electron chi connectivity index (χ3n) is 1.85. The second-order valence-electron chi connectivity index (χ2n) is 3.07. The summed E-state index contributed by atoms with van der Waals surface area (Å²) >= 11 is 0. The first-order chi connectivity index (χ1) is 5.31. The number of aliphatic hydroxyl groups is 1. The number of aliphatic hydroxyl groups excluding tert-OH is 1. The topological polar surface area (TPSA) is 32.3 Å². The summed E-state index contributed by atoms with van der Waals surface area (Å²) in [6, 6.07) is 0.564. The quantitative estimate of drug-likeness (QED) is 0.552. The van der Waals surface area contributed by atoms with Crippen molar-refractivity contribution in [3.63, 3.8) is 0 Å². The smallest absolute Gasteiger partial charge is 0.0556 e. The molecular formula is C9H21NO. The fraction of sp³-hybridized carbons (Fsp3) is 1.00. The lowest BCUT2D eigenvalue weighted by molar-refractivity contribution is 0.283. The monoisotopic (exact) mass is 159 g/mol. The molecule has 0 heterocycles. The van der Waals surface area contributed by atoms with Crippen LogP contribution in [0.25, 0.3) is 0 Å². The Morgan fingerprint density at radius 2 is 2.09 bits per heavy atom. The van der Waals surface area contributed by atoms with Gasteiger partial charge in [0.25, 0.3) is 0 Å². The van der Waals surface area contributed by atoms with Gasteiger partial charge in [-0.2, -0.15) is 0 Å². The van der Waals surface area contributed by atoms with E-state index in [0.29, 0.717) is 6.04 Å². The Bertz CT molecular complexity index is 76.0. The van der Waals surface area contributed by atoms with Crippen LogP contribution >= 0.6 is 0 Å². The van der Waals surface area contributed by atoms with E-state index in [4.69, 9.17) is 5.11 Å². The Balaban J connectivity index is 3.02. The minimum absolute atomic E-state index is 0.248. The standard InChI is InChI=1S/C9H21NO/c1-3-4-5-6-9(2)10-7-8-11/h9-11H,3-8H2,1-2H3/t9-/m0/s1. The van der Waals surface area contributed by atoms with Crippen LogP contribution in [0.1, 0.15) is 39.5 Å². The Labute approximate surface area is 70.0 Å². The summed E-state index contributed by atoms with van der Waals surface area (Å²) in [6.07, 6.45) is 5.14. The number of hydrogen-bond donors (Lipinski definition) is 2. The van der Waals surface area contributed by atoms with Crippen LogP contribution in [0.5, 0.6) is 0 Å². The van der Waals surface area contributed by atoms with E-state index < -0.39 is 0 Å². The largest absolute Gasteiger partial charge is 0.395 e. The van der Waals surface area contributed by atoms with Crippen LogP contribution in [0.3, 0.4) is 0 Å². The second kappa shape index (κ2) is 8.02. The van der Waals surface area contributed by atoms with E-state index in [1.807, 2.05) is 0 Å². The van der Waals surface area contributed by atoms with Crippen molar-refractivity contribution in [3.8, 4) is 0 Å². The molecule has 0 unspecified atom stereocenters. The van der Waals surface area contributed by atoms with Crippen molar-refractivity contribution in [2.24, 2.45) is 0 Å². The molecule has 0 aromatic rings. The summed E-state index contributed by atoms with van der Waals surface area (Å²) < 4.78 is 0. The second-order valence-corrected chi connectivity index (χ2v) is 3.07. The highest BCUT2D eigenvalue weighted by molar-refractivity contribution is 4.59. The SMILES string of the molecule is CCCCC[C@H](C)NCCO. The number of unbranched alkanes of at least 4 members (excludes halogenated alkanes) is 2. The molecule has 0 amide bonds. The maximum absolute atomic E-state index is 8.52. The molecule has 2 N–H and O–H groups in total. The number of rotatable bonds is 7. The number of hydrogen-bond acceptors (Lipinski definition) is 2. The molecule has 0 aromatic heterocycles. The highest BCUT2D eigenvalue weighted by atomic mass is 16.3. The average Bonchev–Trinajstić information content (AvgIpc) is 2.01. The lowest BCUT2D eigenvalue weighted by Crippen LogP contribution is -2.28. The molecule has 0 rings (SSSR count). The van der Waals surface area contributed by atoms with Crippen molar-refractivity contribution in [3.05, 3.63) is 0 Å². The van der Waals surface area contributed by atoms with Gasteiger partial charge in [-0.25, -0.2) is 0 Å². The highest BCUT2D eigenvalue weighted by Crippen LogP contribution is 2.01. The lowest BCUT2D eigenvalue weighted by atomic mass is 10.1. The Morgan fingerprint density at radius 1 is 1.36 bits per heavy atom. The highest BCUT2D eigenvalue weighted by Gasteiger charge is 1.98. The Morgan fingerprint density at radius 3 is 2.64 bits per heavy atom. The zero-order valence-electron chi connectivity index (χ0n) is 7.77. The van der Waals surface area contributed by atoms with Crippen molar-refractivity contribution < 1.29 is 5.11 Å². The minimum Gasteiger partial charge on any atom is -0.395 e. The molecule has 68 valence electrons. The molecule has 0 aromatic carbocycles. The Kier molecular flexibility index (Phi) is 7.96. The molecular weight excluding hydrogens is 138 g/mol. The van der Waals surface area contributed by atoms with Gasteiger partial charge in [0.15, 0.2) is 0 Å². The predicted molar refractivity (Wildman–Crippen MR) is 48.7 cm³/mol. The molecule has 0 aliphatic heterocycles. The van der Waals surface area contributed by atoms with Crippen LogP contribution in [-0.4, -0.2) is 24.3 Å². The first-order valence-electron chi connectivity index (χ1n) is 4.65. The molecule has 0 aliphatic carbocycles. The van der Waals surface area contributed by atoms with Crippen LogP contribution in [0.4, 0.5) is 0 Å². The fourth-order valence-electron chi connectivity index (χ4n) is 1.11. The summed E-state index contributed by atoms with van der Waals surface area (Å²) in [7, 11) is 0. The summed E-state index contributed by atoms with van der Waals surface area (Å²) in [4.78, 5) is 0. The van der Waals surface area contributed by atoms with Crippen molar-refractivity contribution in [2.75, 3.05) is 13.2 Å². The van der Waals surface area contributed by atoms with Gasteiger partial charge in [0.2, 0.25) is 0 Å². The van der Waals surface area contributed by atoms with Crippen LogP contribution in [-0.2, 0) is 0 Å². The van der Waals surface area contributed by atoms with Gasteiger partial charge in [0.05, 0.1) is 6.61 Å². The van der Waals surface area contributed by atoms with Crippen LogP contribution < -0.4 is 5.32 Å². The third-order valence-corrected chi connectivity index (χ3v) is 1.85. The normalized spacial score (nSPS) is 13.4. The van der Waals surface area contributed by atoms with Crippen LogP contribution in [0.15, 0.2) is 0 Å². The van der Waals surface area contributed by atoms with E-state index in [1.54, 1.807) is 0 Å². The van der Waals surface area contributed by atoms with Gasteiger partial charge < -0.3 is 10.4 Å². The molecule has 0 fully saturated rings.